The SMILES string of the molecule is ClCc1sc(N2CCCC3CCCCC32)nc1Cl. The van der Waals surface area contributed by atoms with Gasteiger partial charge in [-0.05, 0) is 31.6 Å². The monoisotopic (exact) mass is 304 g/mol. The molecule has 0 bridgehead atoms. The number of rotatable bonds is 2. The summed E-state index contributed by atoms with van der Waals surface area (Å²) in [4.78, 5) is 8.03. The number of fused-ring (bicyclic) bond motifs is 1. The Morgan fingerprint density at radius 1 is 1.22 bits per heavy atom. The van der Waals surface area contributed by atoms with Gasteiger partial charge in [0.2, 0.25) is 0 Å². The molecule has 1 saturated heterocycles. The third-order valence-electron chi connectivity index (χ3n) is 4.25. The highest BCUT2D eigenvalue weighted by Crippen LogP contribution is 2.40. The lowest BCUT2D eigenvalue weighted by molar-refractivity contribution is 0.243. The first-order chi connectivity index (χ1) is 8.79. The molecule has 1 aromatic rings. The first kappa shape index (κ1) is 13.0. The van der Waals surface area contributed by atoms with Crippen LogP contribution in [0.5, 0.6) is 0 Å². The molecule has 2 nitrogen and oxygen atoms in total. The fraction of sp³-hybridized carbons (Fsp3) is 0.769. The van der Waals surface area contributed by atoms with E-state index in [4.69, 9.17) is 23.2 Å². The molecule has 0 spiro atoms. The Bertz CT molecular complexity index is 419. The van der Waals surface area contributed by atoms with Crippen LogP contribution in [-0.2, 0) is 5.88 Å². The van der Waals surface area contributed by atoms with Crippen LogP contribution in [0.2, 0.25) is 5.15 Å². The van der Waals surface area contributed by atoms with Crippen LogP contribution >= 0.6 is 34.5 Å². The summed E-state index contributed by atoms with van der Waals surface area (Å²) >= 11 is 13.7. The summed E-state index contributed by atoms with van der Waals surface area (Å²) in [6, 6.07) is 0.692. The molecular weight excluding hydrogens is 287 g/mol. The lowest BCUT2D eigenvalue weighted by atomic mass is 9.78. The highest BCUT2D eigenvalue weighted by molar-refractivity contribution is 7.16. The molecule has 0 aromatic carbocycles. The zero-order chi connectivity index (χ0) is 12.5. The Kier molecular flexibility index (Phi) is 4.02. The van der Waals surface area contributed by atoms with E-state index in [0.717, 1.165) is 22.5 Å². The van der Waals surface area contributed by atoms with Gasteiger partial charge in [-0.2, -0.15) is 0 Å². The second-order valence-electron chi connectivity index (χ2n) is 5.29. The number of alkyl halides is 1. The summed E-state index contributed by atoms with van der Waals surface area (Å²) < 4.78 is 0. The van der Waals surface area contributed by atoms with Crippen molar-refractivity contribution >= 4 is 39.7 Å². The van der Waals surface area contributed by atoms with Crippen LogP contribution in [0, 0.1) is 5.92 Å². The zero-order valence-corrected chi connectivity index (χ0v) is 12.7. The Balaban J connectivity index is 1.84. The molecule has 2 atom stereocenters. The maximum Gasteiger partial charge on any atom is 0.187 e. The number of hydrogen-bond donors (Lipinski definition) is 0. The molecule has 2 aliphatic rings. The van der Waals surface area contributed by atoms with Crippen LogP contribution in [0.1, 0.15) is 43.4 Å². The normalized spacial score (nSPS) is 28.2. The Morgan fingerprint density at radius 2 is 2.00 bits per heavy atom. The molecule has 0 radical (unpaired) electrons. The lowest BCUT2D eigenvalue weighted by Gasteiger charge is -2.44. The summed E-state index contributed by atoms with van der Waals surface area (Å²) in [5.41, 5.74) is 0. The fourth-order valence-corrected chi connectivity index (χ4v) is 4.95. The van der Waals surface area contributed by atoms with Crippen LogP contribution in [0.25, 0.3) is 0 Å². The first-order valence-electron chi connectivity index (χ1n) is 6.77. The predicted octanol–water partition coefficient (Wildman–Crippen LogP) is 4.69. The third kappa shape index (κ3) is 2.37. The van der Waals surface area contributed by atoms with Gasteiger partial charge in [-0.3, -0.25) is 0 Å². The predicted molar refractivity (Wildman–Crippen MR) is 79.0 cm³/mol. The van der Waals surface area contributed by atoms with E-state index in [1.807, 2.05) is 0 Å². The number of nitrogens with zero attached hydrogens (tertiary/aromatic N) is 2. The van der Waals surface area contributed by atoms with Crippen molar-refractivity contribution < 1.29 is 0 Å². The number of halogens is 2. The molecule has 1 aliphatic heterocycles. The van der Waals surface area contributed by atoms with Gasteiger partial charge in [0, 0.05) is 12.6 Å². The molecule has 0 N–H and O–H groups in total. The standard InChI is InChI=1S/C13H18Cl2N2S/c14-8-11-12(15)16-13(18-11)17-7-3-5-9-4-1-2-6-10(9)17/h9-10H,1-8H2. The Hall–Kier alpha value is 0.01000. The Morgan fingerprint density at radius 3 is 2.78 bits per heavy atom. The number of piperidine rings is 1. The van der Waals surface area contributed by atoms with Gasteiger partial charge in [0.25, 0.3) is 0 Å². The van der Waals surface area contributed by atoms with Crippen LogP contribution in [-0.4, -0.2) is 17.6 Å². The average Bonchev–Trinajstić information content (AvgIpc) is 2.79. The van der Waals surface area contributed by atoms with Crippen LogP contribution in [0.4, 0.5) is 5.13 Å². The van der Waals surface area contributed by atoms with Crippen molar-refractivity contribution in [2.75, 3.05) is 11.4 Å². The zero-order valence-electron chi connectivity index (χ0n) is 10.4. The molecule has 5 heteroatoms. The van der Waals surface area contributed by atoms with Crippen molar-refractivity contribution in [2.45, 2.75) is 50.4 Å². The van der Waals surface area contributed by atoms with E-state index in [1.165, 1.54) is 38.5 Å². The van der Waals surface area contributed by atoms with Gasteiger partial charge >= 0.3 is 0 Å². The molecule has 3 rings (SSSR count). The number of thiazole rings is 1. The topological polar surface area (TPSA) is 16.1 Å². The molecule has 100 valence electrons. The van der Waals surface area contributed by atoms with Gasteiger partial charge in [-0.1, -0.05) is 35.8 Å². The smallest absolute Gasteiger partial charge is 0.187 e. The van der Waals surface area contributed by atoms with Crippen LogP contribution in [0.3, 0.4) is 0 Å². The maximum absolute atomic E-state index is 6.13. The summed E-state index contributed by atoms with van der Waals surface area (Å²) in [6.45, 7) is 1.13. The van der Waals surface area contributed by atoms with Crippen molar-refractivity contribution in [3.63, 3.8) is 0 Å². The molecule has 1 aliphatic carbocycles. The summed E-state index contributed by atoms with van der Waals surface area (Å²) in [7, 11) is 0. The molecule has 18 heavy (non-hydrogen) atoms. The third-order valence-corrected chi connectivity index (χ3v) is 6.19. The van der Waals surface area contributed by atoms with Crippen LogP contribution in [0.15, 0.2) is 0 Å². The van der Waals surface area contributed by atoms with Gasteiger partial charge in [0.1, 0.15) is 5.15 Å². The van der Waals surface area contributed by atoms with Crippen molar-refractivity contribution in [3.05, 3.63) is 10.0 Å². The van der Waals surface area contributed by atoms with E-state index in [0.29, 0.717) is 17.1 Å². The number of aromatic nitrogens is 1. The van der Waals surface area contributed by atoms with Crippen LogP contribution < -0.4 is 4.90 Å². The summed E-state index contributed by atoms with van der Waals surface area (Å²) in [5.74, 6) is 1.34. The van der Waals surface area contributed by atoms with Crippen molar-refractivity contribution in [3.8, 4) is 0 Å². The van der Waals surface area contributed by atoms with Crippen molar-refractivity contribution in [1.29, 1.82) is 0 Å². The van der Waals surface area contributed by atoms with Crippen molar-refractivity contribution in [1.82, 2.24) is 4.98 Å². The van der Waals surface area contributed by atoms with Gasteiger partial charge in [-0.15, -0.1) is 11.6 Å². The molecule has 2 unspecified atom stereocenters. The second-order valence-corrected chi connectivity index (χ2v) is 6.98. The largest absolute Gasteiger partial charge is 0.345 e. The van der Waals surface area contributed by atoms with E-state index in [2.05, 4.69) is 9.88 Å². The molecule has 2 heterocycles. The van der Waals surface area contributed by atoms with E-state index in [9.17, 15) is 0 Å². The fourth-order valence-electron chi connectivity index (χ4n) is 3.39. The minimum atomic E-state index is 0.471. The van der Waals surface area contributed by atoms with E-state index in [1.54, 1.807) is 11.3 Å². The van der Waals surface area contributed by atoms with E-state index < -0.39 is 0 Å². The van der Waals surface area contributed by atoms with E-state index >= 15 is 0 Å². The maximum atomic E-state index is 6.13. The minimum absolute atomic E-state index is 0.471. The van der Waals surface area contributed by atoms with Crippen molar-refractivity contribution in [2.24, 2.45) is 5.92 Å². The number of anilines is 1. The highest BCUT2D eigenvalue weighted by Gasteiger charge is 2.34. The van der Waals surface area contributed by atoms with Gasteiger partial charge in [0.05, 0.1) is 10.8 Å². The van der Waals surface area contributed by atoms with E-state index in [-0.39, 0.29) is 0 Å². The first-order valence-corrected chi connectivity index (χ1v) is 8.50. The highest BCUT2D eigenvalue weighted by atomic mass is 35.5. The molecule has 2 fully saturated rings. The number of hydrogen-bond acceptors (Lipinski definition) is 3. The van der Waals surface area contributed by atoms with Gasteiger partial charge in [-0.25, -0.2) is 4.98 Å². The second kappa shape index (κ2) is 5.56. The molecule has 1 saturated carbocycles. The lowest BCUT2D eigenvalue weighted by Crippen LogP contribution is -2.46. The quantitative estimate of drug-likeness (QED) is 0.737. The minimum Gasteiger partial charge on any atom is -0.345 e. The molecule has 1 aromatic heterocycles. The Labute approximate surface area is 122 Å². The van der Waals surface area contributed by atoms with Gasteiger partial charge in [0.15, 0.2) is 5.13 Å². The molecular formula is C13H18Cl2N2S. The average molecular weight is 305 g/mol. The van der Waals surface area contributed by atoms with Gasteiger partial charge < -0.3 is 4.90 Å². The molecule has 0 amide bonds. The summed E-state index contributed by atoms with van der Waals surface area (Å²) in [6.07, 6.45) is 8.15. The summed E-state index contributed by atoms with van der Waals surface area (Å²) in [5, 5.41) is 1.69.